The van der Waals surface area contributed by atoms with Gasteiger partial charge in [0.2, 0.25) is 0 Å². The first-order valence-corrected chi connectivity index (χ1v) is 10.7. The molecule has 0 saturated carbocycles. The van der Waals surface area contributed by atoms with E-state index in [2.05, 4.69) is 39.4 Å². The molecule has 1 heterocycles. The molecule has 6 heteroatoms. The number of nitrogens with zero attached hydrogens (tertiary/aromatic N) is 1. The van der Waals surface area contributed by atoms with Crippen LogP contribution in [0.2, 0.25) is 0 Å². The lowest BCUT2D eigenvalue weighted by molar-refractivity contribution is -0.117. The number of ether oxygens (including phenoxy) is 1. The molecule has 1 aromatic heterocycles. The SMILES string of the molecule is N#CC(=Cc1cc(Br)ccc1OCc1cccc2ccccc12)C(=O)NCc1ccco1. The zero-order valence-corrected chi connectivity index (χ0v) is 18.6. The van der Waals surface area contributed by atoms with Crippen LogP contribution in [0.3, 0.4) is 0 Å². The highest BCUT2D eigenvalue weighted by molar-refractivity contribution is 9.10. The molecule has 0 radical (unpaired) electrons. The standard InChI is InChI=1S/C26H19BrN2O3/c27-22-10-11-25(32-17-19-7-3-6-18-5-1-2-9-24(18)19)20(14-22)13-21(15-28)26(30)29-16-23-8-4-12-31-23/h1-14H,16-17H2,(H,29,30). The van der Waals surface area contributed by atoms with Crippen LogP contribution in [0.5, 0.6) is 5.75 Å². The number of hydrogen-bond donors (Lipinski definition) is 1. The minimum Gasteiger partial charge on any atom is -0.488 e. The minimum atomic E-state index is -0.483. The highest BCUT2D eigenvalue weighted by Gasteiger charge is 2.12. The normalized spacial score (nSPS) is 11.2. The second kappa shape index (κ2) is 9.99. The molecule has 4 aromatic rings. The molecule has 4 rings (SSSR count). The predicted octanol–water partition coefficient (Wildman–Crippen LogP) is 6.00. The van der Waals surface area contributed by atoms with Gasteiger partial charge >= 0.3 is 0 Å². The van der Waals surface area contributed by atoms with E-state index in [-0.39, 0.29) is 12.1 Å². The van der Waals surface area contributed by atoms with Gasteiger partial charge in [0.05, 0.1) is 12.8 Å². The van der Waals surface area contributed by atoms with Crippen molar-refractivity contribution < 1.29 is 13.9 Å². The average molecular weight is 487 g/mol. The number of carbonyl (C=O) groups excluding carboxylic acids is 1. The van der Waals surface area contributed by atoms with E-state index in [1.54, 1.807) is 12.1 Å². The Kier molecular flexibility index (Phi) is 6.69. The van der Waals surface area contributed by atoms with Gasteiger partial charge in [0.25, 0.3) is 5.91 Å². The summed E-state index contributed by atoms with van der Waals surface area (Å²) in [4.78, 5) is 12.5. The molecule has 0 aliphatic rings. The third kappa shape index (κ3) is 5.08. The van der Waals surface area contributed by atoms with Gasteiger partial charge in [-0.15, -0.1) is 0 Å². The Hall–Kier alpha value is -3.82. The summed E-state index contributed by atoms with van der Waals surface area (Å²) in [5, 5.41) is 14.5. The maximum atomic E-state index is 12.5. The van der Waals surface area contributed by atoms with Gasteiger partial charge in [0.1, 0.15) is 29.8 Å². The number of carbonyl (C=O) groups is 1. The van der Waals surface area contributed by atoms with E-state index in [1.807, 2.05) is 48.5 Å². The Morgan fingerprint density at radius 3 is 2.75 bits per heavy atom. The van der Waals surface area contributed by atoms with Crippen LogP contribution in [0.4, 0.5) is 0 Å². The first-order chi connectivity index (χ1) is 15.6. The van der Waals surface area contributed by atoms with Crippen LogP contribution in [-0.4, -0.2) is 5.91 Å². The molecule has 32 heavy (non-hydrogen) atoms. The maximum absolute atomic E-state index is 12.5. The molecule has 0 fully saturated rings. The fourth-order valence-electron chi connectivity index (χ4n) is 3.32. The summed E-state index contributed by atoms with van der Waals surface area (Å²) in [5.74, 6) is 0.703. The molecule has 0 unspecified atom stereocenters. The Morgan fingerprint density at radius 1 is 1.09 bits per heavy atom. The molecule has 5 nitrogen and oxygen atoms in total. The van der Waals surface area contributed by atoms with Crippen LogP contribution in [0.1, 0.15) is 16.9 Å². The third-order valence-corrected chi connectivity index (χ3v) is 5.40. The Labute approximate surface area is 194 Å². The van der Waals surface area contributed by atoms with Crippen LogP contribution in [0.15, 0.2) is 93.5 Å². The van der Waals surface area contributed by atoms with Gasteiger partial charge in [-0.1, -0.05) is 58.4 Å². The molecular weight excluding hydrogens is 468 g/mol. The van der Waals surface area contributed by atoms with E-state index in [1.165, 1.54) is 12.3 Å². The summed E-state index contributed by atoms with van der Waals surface area (Å²) in [6.07, 6.45) is 3.06. The molecule has 0 bridgehead atoms. The van der Waals surface area contributed by atoms with E-state index in [0.717, 1.165) is 20.8 Å². The van der Waals surface area contributed by atoms with Crippen molar-refractivity contribution >= 4 is 38.7 Å². The van der Waals surface area contributed by atoms with Gasteiger partial charge in [-0.25, -0.2) is 0 Å². The quantitative estimate of drug-likeness (QED) is 0.256. The fourth-order valence-corrected chi connectivity index (χ4v) is 3.70. The lowest BCUT2D eigenvalue weighted by Gasteiger charge is -2.12. The maximum Gasteiger partial charge on any atom is 0.262 e. The van der Waals surface area contributed by atoms with Gasteiger partial charge < -0.3 is 14.5 Å². The van der Waals surface area contributed by atoms with Gasteiger partial charge in [0.15, 0.2) is 0 Å². The molecule has 3 aromatic carbocycles. The summed E-state index contributed by atoms with van der Waals surface area (Å²) in [7, 11) is 0. The Bertz CT molecular complexity index is 1320. The number of nitriles is 1. The van der Waals surface area contributed by atoms with E-state index >= 15 is 0 Å². The molecule has 0 aliphatic carbocycles. The van der Waals surface area contributed by atoms with Crippen molar-refractivity contribution in [2.75, 3.05) is 0 Å². The highest BCUT2D eigenvalue weighted by atomic mass is 79.9. The zero-order valence-electron chi connectivity index (χ0n) is 17.0. The molecule has 0 atom stereocenters. The highest BCUT2D eigenvalue weighted by Crippen LogP contribution is 2.27. The predicted molar refractivity (Wildman–Crippen MR) is 127 cm³/mol. The topological polar surface area (TPSA) is 75.3 Å². The van der Waals surface area contributed by atoms with Gasteiger partial charge in [-0.05, 0) is 52.7 Å². The smallest absolute Gasteiger partial charge is 0.262 e. The van der Waals surface area contributed by atoms with E-state index in [9.17, 15) is 10.1 Å². The summed E-state index contributed by atoms with van der Waals surface area (Å²) in [6.45, 7) is 0.560. The second-order valence-corrected chi connectivity index (χ2v) is 7.96. The molecule has 0 saturated heterocycles. The third-order valence-electron chi connectivity index (χ3n) is 4.90. The summed E-state index contributed by atoms with van der Waals surface area (Å²) in [6, 6.07) is 25.2. The van der Waals surface area contributed by atoms with Gasteiger partial charge in [-0.2, -0.15) is 5.26 Å². The Morgan fingerprint density at radius 2 is 1.94 bits per heavy atom. The van der Waals surface area contributed by atoms with Gasteiger partial charge in [0, 0.05) is 10.0 Å². The van der Waals surface area contributed by atoms with Crippen LogP contribution < -0.4 is 10.1 Å². The van der Waals surface area contributed by atoms with Crippen LogP contribution in [-0.2, 0) is 17.9 Å². The van der Waals surface area contributed by atoms with E-state index < -0.39 is 5.91 Å². The number of benzene rings is 3. The van der Waals surface area contributed by atoms with Crippen molar-refractivity contribution in [3.63, 3.8) is 0 Å². The summed E-state index contributed by atoms with van der Waals surface area (Å²) < 4.78 is 12.1. The van der Waals surface area contributed by atoms with Crippen molar-refractivity contribution in [1.29, 1.82) is 5.26 Å². The number of nitrogens with one attached hydrogen (secondary N) is 1. The van der Waals surface area contributed by atoms with Crippen LogP contribution >= 0.6 is 15.9 Å². The molecule has 158 valence electrons. The van der Waals surface area contributed by atoms with E-state index in [4.69, 9.17) is 9.15 Å². The summed E-state index contributed by atoms with van der Waals surface area (Å²) >= 11 is 3.45. The molecule has 1 amide bonds. The van der Waals surface area contributed by atoms with Crippen molar-refractivity contribution in [3.05, 3.63) is 106 Å². The lowest BCUT2D eigenvalue weighted by atomic mass is 10.1. The fraction of sp³-hybridized carbons (Fsp3) is 0.0769. The largest absolute Gasteiger partial charge is 0.488 e. The van der Waals surface area contributed by atoms with Gasteiger partial charge in [-0.3, -0.25) is 4.79 Å². The number of amides is 1. The number of fused-ring (bicyclic) bond motifs is 1. The molecular formula is C26H19BrN2O3. The van der Waals surface area contributed by atoms with E-state index in [0.29, 0.717) is 23.7 Å². The molecule has 0 spiro atoms. The number of rotatable bonds is 7. The lowest BCUT2D eigenvalue weighted by Crippen LogP contribution is -2.23. The van der Waals surface area contributed by atoms with Crippen molar-refractivity contribution in [2.24, 2.45) is 0 Å². The first-order valence-electron chi connectivity index (χ1n) is 9.95. The monoisotopic (exact) mass is 486 g/mol. The molecule has 1 N–H and O–H groups in total. The van der Waals surface area contributed by atoms with Crippen LogP contribution in [0.25, 0.3) is 16.8 Å². The average Bonchev–Trinajstić information content (AvgIpc) is 3.34. The minimum absolute atomic E-state index is 0.0235. The number of hydrogen-bond acceptors (Lipinski definition) is 4. The Balaban J connectivity index is 1.55. The summed E-state index contributed by atoms with van der Waals surface area (Å²) in [5.41, 5.74) is 1.66. The van der Waals surface area contributed by atoms with Crippen molar-refractivity contribution in [2.45, 2.75) is 13.2 Å². The zero-order chi connectivity index (χ0) is 22.3. The second-order valence-electron chi connectivity index (χ2n) is 7.04. The first kappa shape index (κ1) is 21.4. The number of halogens is 1. The number of furan rings is 1. The van der Waals surface area contributed by atoms with Crippen LogP contribution in [0, 0.1) is 11.3 Å². The van der Waals surface area contributed by atoms with Crippen molar-refractivity contribution in [1.82, 2.24) is 5.32 Å². The molecule has 0 aliphatic heterocycles. The van der Waals surface area contributed by atoms with Crippen molar-refractivity contribution in [3.8, 4) is 11.8 Å².